The highest BCUT2D eigenvalue weighted by Gasteiger charge is 2.68. The minimum atomic E-state index is -4.05. The molecule has 4 atom stereocenters. The molecule has 16 heavy (non-hydrogen) atoms. The maximum absolute atomic E-state index is 12.1. The van der Waals surface area contributed by atoms with Crippen LogP contribution in [0.15, 0.2) is 0 Å². The molecule has 2 rings (SSSR count). The van der Waals surface area contributed by atoms with E-state index in [-0.39, 0.29) is 22.3 Å². The van der Waals surface area contributed by atoms with Crippen molar-refractivity contribution in [2.24, 2.45) is 16.7 Å². The molecule has 4 nitrogen and oxygen atoms in total. The Balaban J connectivity index is 2.47. The SMILES string of the molecule is C[C@]12CC[C@H]([C@@H](Br)C1=O)[C@]2(C)CS(=O)(=O)O. The first-order valence-corrected chi connectivity index (χ1v) is 7.78. The zero-order valence-corrected chi connectivity index (χ0v) is 11.6. The lowest BCUT2D eigenvalue weighted by Gasteiger charge is -2.35. The van der Waals surface area contributed by atoms with Crippen molar-refractivity contribution in [3.8, 4) is 0 Å². The number of rotatable bonds is 2. The molecule has 0 aromatic heterocycles. The van der Waals surface area contributed by atoms with Gasteiger partial charge in [0.15, 0.2) is 5.78 Å². The summed E-state index contributed by atoms with van der Waals surface area (Å²) in [7, 11) is -4.05. The Morgan fingerprint density at radius 3 is 2.44 bits per heavy atom. The lowest BCUT2D eigenvalue weighted by molar-refractivity contribution is -0.127. The average molecular weight is 311 g/mol. The number of alkyl halides is 1. The van der Waals surface area contributed by atoms with Crippen LogP contribution >= 0.6 is 15.9 Å². The molecule has 0 unspecified atom stereocenters. The third-order valence-corrected chi connectivity index (χ3v) is 6.68. The molecule has 0 aromatic rings. The number of carbonyl (C=O) groups is 1. The van der Waals surface area contributed by atoms with Crippen molar-refractivity contribution >= 4 is 31.8 Å². The van der Waals surface area contributed by atoms with Crippen molar-refractivity contribution in [3.05, 3.63) is 0 Å². The molecule has 0 saturated heterocycles. The molecule has 92 valence electrons. The van der Waals surface area contributed by atoms with Gasteiger partial charge in [-0.25, -0.2) is 0 Å². The van der Waals surface area contributed by atoms with Gasteiger partial charge in [-0.3, -0.25) is 9.35 Å². The average Bonchev–Trinajstić information content (AvgIpc) is 2.40. The summed E-state index contributed by atoms with van der Waals surface area (Å²) in [5.74, 6) is -0.239. The normalized spacial score (nSPS) is 47.6. The molecule has 1 N–H and O–H groups in total. The van der Waals surface area contributed by atoms with Crippen LogP contribution in [-0.2, 0) is 14.9 Å². The van der Waals surface area contributed by atoms with Gasteiger partial charge in [0, 0.05) is 10.8 Å². The fourth-order valence-corrected chi connectivity index (χ4v) is 6.11. The summed E-state index contributed by atoms with van der Waals surface area (Å²) in [6, 6.07) is 0. The predicted molar refractivity (Wildman–Crippen MR) is 63.1 cm³/mol. The second kappa shape index (κ2) is 3.29. The van der Waals surface area contributed by atoms with Gasteiger partial charge in [0.05, 0.1) is 10.6 Å². The van der Waals surface area contributed by atoms with Crippen molar-refractivity contribution in [1.82, 2.24) is 0 Å². The summed E-state index contributed by atoms with van der Waals surface area (Å²) in [6.45, 7) is 3.62. The molecule has 6 heteroatoms. The van der Waals surface area contributed by atoms with E-state index in [0.29, 0.717) is 6.42 Å². The van der Waals surface area contributed by atoms with E-state index in [2.05, 4.69) is 15.9 Å². The molecule has 0 aliphatic heterocycles. The Labute approximate surface area is 104 Å². The van der Waals surface area contributed by atoms with Gasteiger partial charge in [-0.2, -0.15) is 8.42 Å². The Hall–Kier alpha value is 0.0600. The molecule has 0 spiro atoms. The minimum absolute atomic E-state index is 0.00641. The second-order valence-corrected chi connectivity index (χ2v) is 7.83. The van der Waals surface area contributed by atoms with Crippen molar-refractivity contribution in [1.29, 1.82) is 0 Å². The number of ketones is 1. The molecular weight excluding hydrogens is 296 g/mol. The van der Waals surface area contributed by atoms with Gasteiger partial charge in [0.25, 0.3) is 10.1 Å². The topological polar surface area (TPSA) is 71.4 Å². The molecule has 2 bridgehead atoms. The molecule has 0 heterocycles. The van der Waals surface area contributed by atoms with Gasteiger partial charge < -0.3 is 0 Å². The third kappa shape index (κ3) is 1.42. The summed E-state index contributed by atoms with van der Waals surface area (Å²) in [6.07, 6.45) is 1.55. The molecule has 0 aromatic carbocycles. The van der Waals surface area contributed by atoms with Crippen LogP contribution in [0.4, 0.5) is 0 Å². The van der Waals surface area contributed by atoms with Gasteiger partial charge in [0.1, 0.15) is 0 Å². The zero-order chi connectivity index (χ0) is 12.4. The molecule has 2 aliphatic carbocycles. The summed E-state index contributed by atoms with van der Waals surface area (Å²) < 4.78 is 31.2. The lowest BCUT2D eigenvalue weighted by atomic mass is 9.70. The zero-order valence-electron chi connectivity index (χ0n) is 9.23. The van der Waals surface area contributed by atoms with Crippen molar-refractivity contribution in [3.63, 3.8) is 0 Å². The van der Waals surface area contributed by atoms with Crippen LogP contribution in [-0.4, -0.2) is 29.3 Å². The van der Waals surface area contributed by atoms with Gasteiger partial charge in [-0.05, 0) is 18.8 Å². The fourth-order valence-electron chi connectivity index (χ4n) is 3.46. The van der Waals surface area contributed by atoms with E-state index in [1.807, 2.05) is 6.92 Å². The van der Waals surface area contributed by atoms with Crippen LogP contribution in [0, 0.1) is 16.7 Å². The predicted octanol–water partition coefficient (Wildman–Crippen LogP) is 1.64. The van der Waals surface area contributed by atoms with Gasteiger partial charge in [0.2, 0.25) is 0 Å². The molecule has 2 aliphatic rings. The van der Waals surface area contributed by atoms with E-state index < -0.39 is 20.9 Å². The minimum Gasteiger partial charge on any atom is -0.298 e. The van der Waals surface area contributed by atoms with E-state index in [9.17, 15) is 13.2 Å². The second-order valence-electron chi connectivity index (χ2n) is 5.39. The number of fused-ring (bicyclic) bond motifs is 2. The van der Waals surface area contributed by atoms with E-state index in [4.69, 9.17) is 4.55 Å². The van der Waals surface area contributed by atoms with E-state index in [1.165, 1.54) is 0 Å². The molecule has 0 amide bonds. The van der Waals surface area contributed by atoms with Gasteiger partial charge >= 0.3 is 0 Å². The molecule has 0 radical (unpaired) electrons. The monoisotopic (exact) mass is 310 g/mol. The van der Waals surface area contributed by atoms with Crippen LogP contribution < -0.4 is 0 Å². The standard InChI is InChI=1S/C10H15BrO4S/c1-9-4-3-6(7(11)8(9)12)10(9,2)5-16(13,14)15/h6-7H,3-5H2,1-2H3,(H,13,14,15)/t6-,7-,9+,10+/m1/s1. The first-order valence-electron chi connectivity index (χ1n) is 5.25. The van der Waals surface area contributed by atoms with E-state index in [1.54, 1.807) is 6.92 Å². The smallest absolute Gasteiger partial charge is 0.265 e. The Morgan fingerprint density at radius 1 is 1.50 bits per heavy atom. The van der Waals surface area contributed by atoms with Gasteiger partial charge in [-0.1, -0.05) is 29.8 Å². The largest absolute Gasteiger partial charge is 0.298 e. The van der Waals surface area contributed by atoms with Gasteiger partial charge in [-0.15, -0.1) is 0 Å². The molecule has 2 saturated carbocycles. The number of hydrogen-bond acceptors (Lipinski definition) is 3. The first kappa shape index (κ1) is 12.5. The number of carbonyl (C=O) groups excluding carboxylic acids is 1. The Bertz CT molecular complexity index is 446. The quantitative estimate of drug-likeness (QED) is 0.622. The third-order valence-electron chi connectivity index (χ3n) is 4.66. The van der Waals surface area contributed by atoms with Crippen molar-refractivity contribution < 1.29 is 17.8 Å². The maximum Gasteiger partial charge on any atom is 0.265 e. The Morgan fingerprint density at radius 2 is 2.06 bits per heavy atom. The summed E-state index contributed by atoms with van der Waals surface area (Å²) in [5.41, 5.74) is -1.27. The molecule has 2 fully saturated rings. The number of Topliss-reactive ketones (excluding diaryl/α,β-unsaturated/α-hetero) is 1. The number of hydrogen-bond donors (Lipinski definition) is 1. The van der Waals surface area contributed by atoms with Crippen LogP contribution in [0.25, 0.3) is 0 Å². The number of halogens is 1. The Kier molecular flexibility index (Phi) is 2.58. The highest BCUT2D eigenvalue weighted by atomic mass is 79.9. The van der Waals surface area contributed by atoms with E-state index in [0.717, 1.165) is 6.42 Å². The van der Waals surface area contributed by atoms with Crippen LogP contribution in [0.2, 0.25) is 0 Å². The maximum atomic E-state index is 12.1. The van der Waals surface area contributed by atoms with Crippen LogP contribution in [0.1, 0.15) is 26.7 Å². The van der Waals surface area contributed by atoms with Crippen LogP contribution in [0.5, 0.6) is 0 Å². The summed E-state index contributed by atoms with van der Waals surface area (Å²) in [5, 5.41) is 0. The highest BCUT2D eigenvalue weighted by molar-refractivity contribution is 9.10. The van der Waals surface area contributed by atoms with Crippen LogP contribution in [0.3, 0.4) is 0 Å². The summed E-state index contributed by atoms with van der Waals surface area (Å²) in [4.78, 5) is 11.8. The van der Waals surface area contributed by atoms with Crippen molar-refractivity contribution in [2.75, 3.05) is 5.75 Å². The lowest BCUT2D eigenvalue weighted by Crippen LogP contribution is -2.40. The highest BCUT2D eigenvalue weighted by Crippen LogP contribution is 2.65. The van der Waals surface area contributed by atoms with Crippen molar-refractivity contribution in [2.45, 2.75) is 31.5 Å². The first-order chi connectivity index (χ1) is 7.12. The molecular formula is C10H15BrO4S. The van der Waals surface area contributed by atoms with E-state index >= 15 is 0 Å². The summed E-state index contributed by atoms with van der Waals surface area (Å²) >= 11 is 3.35. The fraction of sp³-hybridized carbons (Fsp3) is 0.900.